The molecule has 0 saturated heterocycles. The molecular weight excluding hydrogens is 352 g/mol. The van der Waals surface area contributed by atoms with Crippen LogP contribution in [0.2, 0.25) is 0 Å². The highest BCUT2D eigenvalue weighted by molar-refractivity contribution is 6.05. The molecule has 0 atom stereocenters. The van der Waals surface area contributed by atoms with Gasteiger partial charge < -0.3 is 10.6 Å². The Morgan fingerprint density at radius 2 is 1.18 bits per heavy atom. The number of amides is 4. The van der Waals surface area contributed by atoms with Gasteiger partial charge in [0, 0.05) is 11.4 Å². The van der Waals surface area contributed by atoms with Gasteiger partial charge in [0.05, 0.1) is 5.69 Å². The number of nitrogens with zero attached hydrogens (tertiary/aromatic N) is 1. The van der Waals surface area contributed by atoms with E-state index in [1.54, 1.807) is 30.3 Å². The second-order valence-corrected chi connectivity index (χ2v) is 6.30. The SMILES string of the molecule is Cc1ccccc1NC(=O)NN(C(=O)Nc1ccccc1C)c1ccccc1. The van der Waals surface area contributed by atoms with Crippen molar-refractivity contribution in [2.45, 2.75) is 13.8 Å². The molecule has 0 radical (unpaired) electrons. The van der Waals surface area contributed by atoms with Crippen LogP contribution in [-0.4, -0.2) is 12.1 Å². The first-order valence-electron chi connectivity index (χ1n) is 8.89. The quantitative estimate of drug-likeness (QED) is 0.560. The van der Waals surface area contributed by atoms with Gasteiger partial charge >= 0.3 is 12.1 Å². The number of rotatable bonds is 3. The summed E-state index contributed by atoms with van der Waals surface area (Å²) in [7, 11) is 0. The molecule has 0 fully saturated rings. The molecule has 0 spiro atoms. The van der Waals surface area contributed by atoms with E-state index in [2.05, 4.69) is 16.1 Å². The largest absolute Gasteiger partial charge is 0.345 e. The summed E-state index contributed by atoms with van der Waals surface area (Å²) in [4.78, 5) is 25.4. The average molecular weight is 374 g/mol. The van der Waals surface area contributed by atoms with Gasteiger partial charge in [-0.2, -0.15) is 0 Å². The molecule has 3 aromatic carbocycles. The van der Waals surface area contributed by atoms with E-state index in [-0.39, 0.29) is 0 Å². The van der Waals surface area contributed by atoms with Gasteiger partial charge in [-0.3, -0.25) is 0 Å². The highest BCUT2D eigenvalue weighted by atomic mass is 16.2. The van der Waals surface area contributed by atoms with Crippen LogP contribution in [-0.2, 0) is 0 Å². The maximum Gasteiger partial charge on any atom is 0.345 e. The molecule has 0 unspecified atom stereocenters. The Balaban J connectivity index is 1.79. The minimum absolute atomic E-state index is 0.472. The van der Waals surface area contributed by atoms with E-state index >= 15 is 0 Å². The number of urea groups is 2. The zero-order valence-corrected chi connectivity index (χ0v) is 15.8. The third-order valence-corrected chi connectivity index (χ3v) is 4.21. The van der Waals surface area contributed by atoms with Crippen LogP contribution in [0.4, 0.5) is 26.7 Å². The first-order valence-corrected chi connectivity index (χ1v) is 8.89. The van der Waals surface area contributed by atoms with E-state index in [4.69, 9.17) is 0 Å². The molecule has 0 bridgehead atoms. The first kappa shape index (κ1) is 19.0. The van der Waals surface area contributed by atoms with Gasteiger partial charge in [-0.15, -0.1) is 0 Å². The number of para-hydroxylation sites is 3. The number of hydrogen-bond donors (Lipinski definition) is 3. The molecule has 3 aromatic rings. The molecule has 6 heteroatoms. The van der Waals surface area contributed by atoms with Gasteiger partial charge in [-0.05, 0) is 49.2 Å². The van der Waals surface area contributed by atoms with E-state index < -0.39 is 12.1 Å². The van der Waals surface area contributed by atoms with Crippen LogP contribution in [0.1, 0.15) is 11.1 Å². The first-order chi connectivity index (χ1) is 13.5. The van der Waals surface area contributed by atoms with Crippen molar-refractivity contribution in [3.05, 3.63) is 90.0 Å². The minimum Gasteiger partial charge on any atom is -0.306 e. The van der Waals surface area contributed by atoms with Crippen molar-refractivity contribution in [1.82, 2.24) is 5.43 Å². The van der Waals surface area contributed by atoms with Crippen molar-refractivity contribution in [3.63, 3.8) is 0 Å². The van der Waals surface area contributed by atoms with Crippen molar-refractivity contribution in [2.75, 3.05) is 15.6 Å². The predicted octanol–water partition coefficient (Wildman–Crippen LogP) is 5.08. The lowest BCUT2D eigenvalue weighted by molar-refractivity contribution is 0.243. The highest BCUT2D eigenvalue weighted by Crippen LogP contribution is 2.18. The van der Waals surface area contributed by atoms with Gasteiger partial charge in [0.25, 0.3) is 0 Å². The number of hydrazine groups is 1. The monoisotopic (exact) mass is 374 g/mol. The molecule has 0 aliphatic heterocycles. The molecule has 4 amide bonds. The number of hydrogen-bond acceptors (Lipinski definition) is 2. The van der Waals surface area contributed by atoms with E-state index in [0.717, 1.165) is 11.1 Å². The van der Waals surface area contributed by atoms with Gasteiger partial charge in [-0.1, -0.05) is 54.6 Å². The lowest BCUT2D eigenvalue weighted by Gasteiger charge is -2.24. The molecule has 0 aliphatic rings. The zero-order chi connectivity index (χ0) is 19.9. The van der Waals surface area contributed by atoms with Crippen LogP contribution < -0.4 is 21.1 Å². The Hall–Kier alpha value is -3.80. The summed E-state index contributed by atoms with van der Waals surface area (Å²) in [5.41, 5.74) is 6.35. The summed E-state index contributed by atoms with van der Waals surface area (Å²) in [6.07, 6.45) is 0. The fourth-order valence-electron chi connectivity index (χ4n) is 2.66. The molecule has 0 aromatic heterocycles. The maximum absolute atomic E-state index is 12.9. The molecule has 142 valence electrons. The lowest BCUT2D eigenvalue weighted by atomic mass is 10.2. The summed E-state index contributed by atoms with van der Waals surface area (Å²) in [5, 5.41) is 6.78. The summed E-state index contributed by atoms with van der Waals surface area (Å²) in [6, 6.07) is 22.8. The summed E-state index contributed by atoms with van der Waals surface area (Å²) >= 11 is 0. The van der Waals surface area contributed by atoms with Gasteiger partial charge in [-0.25, -0.2) is 20.0 Å². The Labute approximate surface area is 164 Å². The second-order valence-electron chi connectivity index (χ2n) is 6.30. The number of anilines is 3. The smallest absolute Gasteiger partial charge is 0.306 e. The van der Waals surface area contributed by atoms with Crippen LogP contribution >= 0.6 is 0 Å². The lowest BCUT2D eigenvalue weighted by Crippen LogP contribution is -2.50. The maximum atomic E-state index is 12.9. The van der Waals surface area contributed by atoms with Crippen molar-refractivity contribution in [1.29, 1.82) is 0 Å². The fraction of sp³-hybridized carbons (Fsp3) is 0.0909. The van der Waals surface area contributed by atoms with E-state index in [1.807, 2.05) is 62.4 Å². The topological polar surface area (TPSA) is 73.5 Å². The Kier molecular flexibility index (Phi) is 5.91. The molecule has 0 aliphatic carbocycles. The predicted molar refractivity (Wildman–Crippen MR) is 112 cm³/mol. The van der Waals surface area contributed by atoms with Crippen LogP contribution in [0.15, 0.2) is 78.9 Å². The third kappa shape index (κ3) is 4.67. The second kappa shape index (κ2) is 8.73. The van der Waals surface area contributed by atoms with Crippen molar-refractivity contribution >= 4 is 29.1 Å². The molecule has 28 heavy (non-hydrogen) atoms. The standard InChI is InChI=1S/C22H22N4O2/c1-16-10-6-8-14-19(16)23-21(27)25-26(18-12-4-3-5-13-18)22(28)24-20-15-9-7-11-17(20)2/h3-15H,1-2H3,(H,24,28)(H2,23,25,27). The van der Waals surface area contributed by atoms with Crippen LogP contribution in [0.5, 0.6) is 0 Å². The van der Waals surface area contributed by atoms with Crippen LogP contribution in [0, 0.1) is 13.8 Å². The van der Waals surface area contributed by atoms with Crippen molar-refractivity contribution in [2.24, 2.45) is 0 Å². The molecule has 0 saturated carbocycles. The number of nitrogens with one attached hydrogen (secondary N) is 3. The summed E-state index contributed by atoms with van der Waals surface area (Å²) in [6.45, 7) is 3.80. The molecule has 6 nitrogen and oxygen atoms in total. The van der Waals surface area contributed by atoms with Crippen LogP contribution in [0.3, 0.4) is 0 Å². The van der Waals surface area contributed by atoms with E-state index in [1.165, 1.54) is 5.01 Å². The highest BCUT2D eigenvalue weighted by Gasteiger charge is 2.19. The number of benzene rings is 3. The van der Waals surface area contributed by atoms with Gasteiger partial charge in [0.2, 0.25) is 0 Å². The molecular formula is C22H22N4O2. The Morgan fingerprint density at radius 3 is 1.75 bits per heavy atom. The number of carbonyl (C=O) groups excluding carboxylic acids is 2. The Bertz CT molecular complexity index is 973. The van der Waals surface area contributed by atoms with Gasteiger partial charge in [0.1, 0.15) is 0 Å². The Morgan fingerprint density at radius 1 is 0.679 bits per heavy atom. The fourth-order valence-corrected chi connectivity index (χ4v) is 2.66. The summed E-state index contributed by atoms with van der Waals surface area (Å²) in [5.74, 6) is 0. The van der Waals surface area contributed by atoms with Crippen molar-refractivity contribution in [3.8, 4) is 0 Å². The average Bonchev–Trinajstić information content (AvgIpc) is 2.70. The van der Waals surface area contributed by atoms with Crippen LogP contribution in [0.25, 0.3) is 0 Å². The zero-order valence-electron chi connectivity index (χ0n) is 15.8. The van der Waals surface area contributed by atoms with Gasteiger partial charge in [0.15, 0.2) is 0 Å². The number of aryl methyl sites for hydroxylation is 2. The van der Waals surface area contributed by atoms with Crippen molar-refractivity contribution < 1.29 is 9.59 Å². The normalized spacial score (nSPS) is 10.1. The minimum atomic E-state index is -0.516. The molecule has 0 heterocycles. The molecule has 3 rings (SSSR count). The third-order valence-electron chi connectivity index (χ3n) is 4.21. The van der Waals surface area contributed by atoms with E-state index in [0.29, 0.717) is 17.1 Å². The summed E-state index contributed by atoms with van der Waals surface area (Å²) < 4.78 is 0. The molecule has 3 N–H and O–H groups in total. The van der Waals surface area contributed by atoms with E-state index in [9.17, 15) is 9.59 Å². The number of carbonyl (C=O) groups is 2.